The molecule has 0 aromatic heterocycles. The number of piperidine rings is 1. The number of benzene rings is 2. The van der Waals surface area contributed by atoms with E-state index in [1.165, 1.54) is 36.1 Å². The van der Waals surface area contributed by atoms with Crippen molar-refractivity contribution in [1.82, 2.24) is 0 Å². The predicted molar refractivity (Wildman–Crippen MR) is 91.1 cm³/mol. The lowest BCUT2D eigenvalue weighted by Gasteiger charge is -2.33. The van der Waals surface area contributed by atoms with Gasteiger partial charge in [0.25, 0.3) is 0 Å². The second-order valence-electron chi connectivity index (χ2n) is 5.92. The van der Waals surface area contributed by atoms with Crippen molar-refractivity contribution in [1.29, 1.82) is 0 Å². The standard InChI is InChI=1S/C19H22ClN/c20-15-18-6-8-19(9-7-18)21-12-10-17(11-13-21)14-16-4-2-1-3-5-16/h1-9,17H,10-15H2. The minimum Gasteiger partial charge on any atom is -0.372 e. The first-order valence-electron chi connectivity index (χ1n) is 7.79. The second-order valence-corrected chi connectivity index (χ2v) is 6.19. The fourth-order valence-electron chi connectivity index (χ4n) is 3.14. The second kappa shape index (κ2) is 7.00. The van der Waals surface area contributed by atoms with E-state index in [0.717, 1.165) is 19.0 Å². The third-order valence-corrected chi connectivity index (χ3v) is 4.75. The maximum atomic E-state index is 5.85. The number of hydrogen-bond acceptors (Lipinski definition) is 1. The summed E-state index contributed by atoms with van der Waals surface area (Å²) in [7, 11) is 0. The van der Waals surface area contributed by atoms with Crippen LogP contribution in [0, 0.1) is 5.92 Å². The minimum atomic E-state index is 0.597. The molecule has 2 aromatic carbocycles. The Hall–Kier alpha value is -1.47. The Morgan fingerprint density at radius 3 is 2.14 bits per heavy atom. The first-order chi connectivity index (χ1) is 10.3. The first kappa shape index (κ1) is 14.5. The van der Waals surface area contributed by atoms with Crippen LogP contribution < -0.4 is 4.90 Å². The Morgan fingerprint density at radius 2 is 1.52 bits per heavy atom. The molecule has 1 heterocycles. The van der Waals surface area contributed by atoms with Crippen LogP contribution >= 0.6 is 11.6 Å². The molecule has 1 aliphatic rings. The zero-order chi connectivity index (χ0) is 14.5. The van der Waals surface area contributed by atoms with Gasteiger partial charge in [-0.15, -0.1) is 11.6 Å². The zero-order valence-electron chi connectivity index (χ0n) is 12.3. The van der Waals surface area contributed by atoms with Gasteiger partial charge in [0.05, 0.1) is 0 Å². The maximum Gasteiger partial charge on any atom is 0.0474 e. The maximum absolute atomic E-state index is 5.85. The molecular weight excluding hydrogens is 278 g/mol. The van der Waals surface area contributed by atoms with E-state index in [-0.39, 0.29) is 0 Å². The fraction of sp³-hybridized carbons (Fsp3) is 0.368. The lowest BCUT2D eigenvalue weighted by atomic mass is 9.90. The van der Waals surface area contributed by atoms with Crippen LogP contribution in [0.5, 0.6) is 0 Å². The number of halogens is 1. The van der Waals surface area contributed by atoms with Crippen LogP contribution in [0.3, 0.4) is 0 Å². The van der Waals surface area contributed by atoms with Crippen molar-refractivity contribution < 1.29 is 0 Å². The summed E-state index contributed by atoms with van der Waals surface area (Å²) in [5, 5.41) is 0. The summed E-state index contributed by atoms with van der Waals surface area (Å²) in [6.45, 7) is 2.33. The molecule has 0 bridgehead atoms. The van der Waals surface area contributed by atoms with Crippen molar-refractivity contribution in [2.45, 2.75) is 25.1 Å². The smallest absolute Gasteiger partial charge is 0.0474 e. The van der Waals surface area contributed by atoms with Crippen molar-refractivity contribution in [3.05, 3.63) is 65.7 Å². The Morgan fingerprint density at radius 1 is 0.857 bits per heavy atom. The summed E-state index contributed by atoms with van der Waals surface area (Å²) in [5.74, 6) is 1.42. The van der Waals surface area contributed by atoms with Crippen molar-refractivity contribution in [2.75, 3.05) is 18.0 Å². The number of alkyl halides is 1. The minimum absolute atomic E-state index is 0.597. The quantitative estimate of drug-likeness (QED) is 0.727. The van der Waals surface area contributed by atoms with E-state index in [1.54, 1.807) is 0 Å². The molecule has 2 aromatic rings. The molecule has 0 unspecified atom stereocenters. The average Bonchev–Trinajstić information content (AvgIpc) is 2.57. The molecule has 0 amide bonds. The molecule has 0 saturated carbocycles. The van der Waals surface area contributed by atoms with E-state index in [2.05, 4.69) is 59.5 Å². The molecule has 1 saturated heterocycles. The van der Waals surface area contributed by atoms with Crippen molar-refractivity contribution in [2.24, 2.45) is 5.92 Å². The molecule has 1 nitrogen and oxygen atoms in total. The van der Waals surface area contributed by atoms with Crippen LogP contribution in [0.15, 0.2) is 54.6 Å². The van der Waals surface area contributed by atoms with Crippen LogP contribution in [-0.2, 0) is 12.3 Å². The largest absolute Gasteiger partial charge is 0.372 e. The molecule has 0 aliphatic carbocycles. The van der Waals surface area contributed by atoms with E-state index in [9.17, 15) is 0 Å². The highest BCUT2D eigenvalue weighted by molar-refractivity contribution is 6.17. The number of anilines is 1. The Kier molecular flexibility index (Phi) is 4.82. The lowest BCUT2D eigenvalue weighted by molar-refractivity contribution is 0.404. The Balaban J connectivity index is 1.54. The van der Waals surface area contributed by atoms with Gasteiger partial charge in [0, 0.05) is 24.7 Å². The van der Waals surface area contributed by atoms with E-state index >= 15 is 0 Å². The Bertz CT molecular complexity index is 542. The predicted octanol–water partition coefficient (Wildman–Crippen LogP) is 4.88. The summed E-state index contributed by atoms with van der Waals surface area (Å²) in [6.07, 6.45) is 3.79. The third kappa shape index (κ3) is 3.79. The number of nitrogens with zero attached hydrogens (tertiary/aromatic N) is 1. The molecule has 0 radical (unpaired) electrons. The fourth-order valence-corrected chi connectivity index (χ4v) is 3.32. The van der Waals surface area contributed by atoms with Gasteiger partial charge in [-0.3, -0.25) is 0 Å². The van der Waals surface area contributed by atoms with E-state index in [4.69, 9.17) is 11.6 Å². The van der Waals surface area contributed by atoms with Gasteiger partial charge < -0.3 is 4.90 Å². The zero-order valence-corrected chi connectivity index (χ0v) is 13.1. The molecule has 2 heteroatoms. The molecule has 1 fully saturated rings. The summed E-state index contributed by atoms with van der Waals surface area (Å²) in [5.41, 5.74) is 4.00. The van der Waals surface area contributed by atoms with E-state index < -0.39 is 0 Å². The van der Waals surface area contributed by atoms with Gasteiger partial charge in [-0.05, 0) is 48.4 Å². The van der Waals surface area contributed by atoms with Gasteiger partial charge >= 0.3 is 0 Å². The van der Waals surface area contributed by atoms with Crippen molar-refractivity contribution in [3.63, 3.8) is 0 Å². The van der Waals surface area contributed by atoms with E-state index in [0.29, 0.717) is 5.88 Å². The summed E-state index contributed by atoms with van der Waals surface area (Å²) >= 11 is 5.85. The van der Waals surface area contributed by atoms with Crippen molar-refractivity contribution >= 4 is 17.3 Å². The molecule has 3 rings (SSSR count). The molecule has 0 N–H and O–H groups in total. The highest BCUT2D eigenvalue weighted by Crippen LogP contribution is 2.26. The van der Waals surface area contributed by atoms with Gasteiger partial charge in [-0.2, -0.15) is 0 Å². The van der Waals surface area contributed by atoms with Crippen LogP contribution in [-0.4, -0.2) is 13.1 Å². The number of rotatable bonds is 4. The van der Waals surface area contributed by atoms with E-state index in [1.807, 2.05) is 0 Å². The SMILES string of the molecule is ClCc1ccc(N2CCC(Cc3ccccc3)CC2)cc1. The average molecular weight is 300 g/mol. The third-order valence-electron chi connectivity index (χ3n) is 4.44. The monoisotopic (exact) mass is 299 g/mol. The molecule has 21 heavy (non-hydrogen) atoms. The normalized spacial score (nSPS) is 16.1. The lowest BCUT2D eigenvalue weighted by Crippen LogP contribution is -2.34. The van der Waals surface area contributed by atoms with Crippen LogP contribution in [0.1, 0.15) is 24.0 Å². The van der Waals surface area contributed by atoms with Gasteiger partial charge in [0.15, 0.2) is 0 Å². The highest BCUT2D eigenvalue weighted by atomic mass is 35.5. The van der Waals surface area contributed by atoms with Gasteiger partial charge in [-0.25, -0.2) is 0 Å². The van der Waals surface area contributed by atoms with Crippen LogP contribution in [0.2, 0.25) is 0 Å². The molecular formula is C19H22ClN. The highest BCUT2D eigenvalue weighted by Gasteiger charge is 2.19. The summed E-state index contributed by atoms with van der Waals surface area (Å²) in [6, 6.07) is 19.6. The Labute approximate surface area is 132 Å². The first-order valence-corrected chi connectivity index (χ1v) is 8.32. The van der Waals surface area contributed by atoms with Gasteiger partial charge in [0.2, 0.25) is 0 Å². The van der Waals surface area contributed by atoms with Crippen LogP contribution in [0.4, 0.5) is 5.69 Å². The van der Waals surface area contributed by atoms with Gasteiger partial charge in [-0.1, -0.05) is 42.5 Å². The molecule has 0 spiro atoms. The molecule has 0 atom stereocenters. The number of hydrogen-bond donors (Lipinski definition) is 0. The topological polar surface area (TPSA) is 3.24 Å². The van der Waals surface area contributed by atoms with Crippen molar-refractivity contribution in [3.8, 4) is 0 Å². The molecule has 110 valence electrons. The van der Waals surface area contributed by atoms with Crippen LogP contribution in [0.25, 0.3) is 0 Å². The van der Waals surface area contributed by atoms with Gasteiger partial charge in [0.1, 0.15) is 0 Å². The summed E-state index contributed by atoms with van der Waals surface area (Å²) in [4.78, 5) is 2.50. The summed E-state index contributed by atoms with van der Waals surface area (Å²) < 4.78 is 0. The molecule has 1 aliphatic heterocycles.